The van der Waals surface area contributed by atoms with Gasteiger partial charge in [0.15, 0.2) is 0 Å². The number of nitrogens with zero attached hydrogens (tertiary/aromatic N) is 2. The maximum Gasteiger partial charge on any atom is 0.247 e. The summed E-state index contributed by atoms with van der Waals surface area (Å²) in [5.41, 5.74) is 0.808. The lowest BCUT2D eigenvalue weighted by atomic mass is 10.2. The number of aryl methyl sites for hydroxylation is 1. The van der Waals surface area contributed by atoms with Crippen LogP contribution in [-0.4, -0.2) is 83.1 Å². The highest BCUT2D eigenvalue weighted by atomic mass is 32.2. The van der Waals surface area contributed by atoms with Crippen LogP contribution in [0.4, 0.5) is 0 Å². The SMILES string of the molecule is CCN(CC(=O)NCCCN1CCOCC1)S(=O)(=O)c1cc(C)ccc1OC. The van der Waals surface area contributed by atoms with Crippen LogP contribution >= 0.6 is 0 Å². The molecule has 0 bridgehead atoms. The van der Waals surface area contributed by atoms with Gasteiger partial charge in [-0.2, -0.15) is 4.31 Å². The van der Waals surface area contributed by atoms with Crippen molar-refractivity contribution in [1.29, 1.82) is 0 Å². The molecule has 1 aromatic carbocycles. The van der Waals surface area contributed by atoms with Gasteiger partial charge in [-0.25, -0.2) is 8.42 Å². The molecule has 0 radical (unpaired) electrons. The Bertz CT molecular complexity index is 748. The van der Waals surface area contributed by atoms with E-state index in [9.17, 15) is 13.2 Å². The zero-order chi connectivity index (χ0) is 20.6. The molecule has 0 unspecified atom stereocenters. The molecule has 8 nitrogen and oxygen atoms in total. The van der Waals surface area contributed by atoms with E-state index in [1.165, 1.54) is 11.4 Å². The molecule has 1 saturated heterocycles. The van der Waals surface area contributed by atoms with Crippen LogP contribution in [-0.2, 0) is 19.6 Å². The van der Waals surface area contributed by atoms with Crippen molar-refractivity contribution in [2.24, 2.45) is 0 Å². The van der Waals surface area contributed by atoms with Crippen LogP contribution in [0.2, 0.25) is 0 Å². The van der Waals surface area contributed by atoms with Crippen molar-refractivity contribution in [2.45, 2.75) is 25.2 Å². The number of amides is 1. The van der Waals surface area contributed by atoms with Crippen LogP contribution in [0.25, 0.3) is 0 Å². The number of ether oxygens (including phenoxy) is 2. The van der Waals surface area contributed by atoms with E-state index in [1.54, 1.807) is 25.1 Å². The predicted molar refractivity (Wildman–Crippen MR) is 107 cm³/mol. The maximum atomic E-state index is 13.0. The minimum absolute atomic E-state index is 0.0805. The van der Waals surface area contributed by atoms with Crippen LogP contribution < -0.4 is 10.1 Å². The third-order valence-electron chi connectivity index (χ3n) is 4.69. The average Bonchev–Trinajstić information content (AvgIpc) is 2.70. The first-order chi connectivity index (χ1) is 13.4. The van der Waals surface area contributed by atoms with Gasteiger partial charge < -0.3 is 14.8 Å². The Balaban J connectivity index is 1.91. The summed E-state index contributed by atoms with van der Waals surface area (Å²) in [4.78, 5) is 14.7. The van der Waals surface area contributed by atoms with Crippen LogP contribution in [0.3, 0.4) is 0 Å². The third kappa shape index (κ3) is 6.16. The highest BCUT2D eigenvalue weighted by molar-refractivity contribution is 7.89. The van der Waals surface area contributed by atoms with Crippen LogP contribution in [0.15, 0.2) is 23.1 Å². The number of morpholine rings is 1. The van der Waals surface area contributed by atoms with E-state index in [4.69, 9.17) is 9.47 Å². The Morgan fingerprint density at radius 3 is 2.68 bits per heavy atom. The van der Waals surface area contributed by atoms with Gasteiger partial charge in [-0.15, -0.1) is 0 Å². The lowest BCUT2D eigenvalue weighted by molar-refractivity contribution is -0.121. The number of hydrogen-bond donors (Lipinski definition) is 1. The molecule has 0 spiro atoms. The molecule has 0 aromatic heterocycles. The van der Waals surface area contributed by atoms with E-state index < -0.39 is 10.0 Å². The summed E-state index contributed by atoms with van der Waals surface area (Å²) in [6.45, 7) is 8.23. The molecule has 1 aromatic rings. The molecule has 0 atom stereocenters. The molecule has 1 fully saturated rings. The van der Waals surface area contributed by atoms with E-state index in [0.29, 0.717) is 6.54 Å². The fourth-order valence-electron chi connectivity index (χ4n) is 3.06. The number of methoxy groups -OCH3 is 1. The van der Waals surface area contributed by atoms with E-state index in [-0.39, 0.29) is 29.6 Å². The summed E-state index contributed by atoms with van der Waals surface area (Å²) in [5, 5.41) is 2.82. The highest BCUT2D eigenvalue weighted by Crippen LogP contribution is 2.27. The number of hydrogen-bond acceptors (Lipinski definition) is 6. The normalized spacial score (nSPS) is 15.6. The second-order valence-corrected chi connectivity index (χ2v) is 8.65. The van der Waals surface area contributed by atoms with Gasteiger partial charge in [0, 0.05) is 26.2 Å². The Morgan fingerprint density at radius 1 is 1.32 bits per heavy atom. The van der Waals surface area contributed by atoms with Crippen molar-refractivity contribution in [3.05, 3.63) is 23.8 Å². The zero-order valence-electron chi connectivity index (χ0n) is 16.9. The van der Waals surface area contributed by atoms with Gasteiger partial charge in [-0.3, -0.25) is 9.69 Å². The summed E-state index contributed by atoms with van der Waals surface area (Å²) in [6, 6.07) is 4.98. The largest absolute Gasteiger partial charge is 0.495 e. The van der Waals surface area contributed by atoms with E-state index in [1.807, 2.05) is 6.92 Å². The molecule has 158 valence electrons. The van der Waals surface area contributed by atoms with E-state index in [0.717, 1.165) is 44.8 Å². The molecule has 1 N–H and O–H groups in total. The van der Waals surface area contributed by atoms with Crippen LogP contribution in [0.1, 0.15) is 18.9 Å². The molecular formula is C19H31N3O5S. The van der Waals surface area contributed by atoms with Crippen LogP contribution in [0, 0.1) is 6.92 Å². The standard InChI is InChI=1S/C19H31N3O5S/c1-4-22(28(24,25)18-14-16(2)6-7-17(18)26-3)15-19(23)20-8-5-9-21-10-12-27-13-11-21/h6-7,14H,4-5,8-13,15H2,1-3H3,(H,20,23). The molecule has 0 saturated carbocycles. The van der Waals surface area contributed by atoms with Crippen molar-refractivity contribution in [3.8, 4) is 5.75 Å². The summed E-state index contributed by atoms with van der Waals surface area (Å²) >= 11 is 0. The fourth-order valence-corrected chi connectivity index (χ4v) is 4.71. The lowest BCUT2D eigenvalue weighted by Gasteiger charge is -2.26. The molecule has 1 aliphatic rings. The van der Waals surface area contributed by atoms with Crippen molar-refractivity contribution in [1.82, 2.24) is 14.5 Å². The van der Waals surface area contributed by atoms with Crippen molar-refractivity contribution < 1.29 is 22.7 Å². The van der Waals surface area contributed by atoms with E-state index in [2.05, 4.69) is 10.2 Å². The van der Waals surface area contributed by atoms with Crippen LogP contribution in [0.5, 0.6) is 5.75 Å². The maximum absolute atomic E-state index is 13.0. The number of nitrogens with one attached hydrogen (secondary N) is 1. The van der Waals surface area contributed by atoms with Gasteiger partial charge in [0.2, 0.25) is 15.9 Å². The number of sulfonamides is 1. The van der Waals surface area contributed by atoms with Gasteiger partial charge in [0.1, 0.15) is 10.6 Å². The monoisotopic (exact) mass is 413 g/mol. The number of likely N-dealkylation sites (N-methyl/N-ethyl adjacent to an activating group) is 1. The zero-order valence-corrected chi connectivity index (χ0v) is 17.8. The first-order valence-electron chi connectivity index (χ1n) is 9.60. The summed E-state index contributed by atoms with van der Waals surface area (Å²) in [6.07, 6.45) is 0.816. The smallest absolute Gasteiger partial charge is 0.247 e. The molecular weight excluding hydrogens is 382 g/mol. The number of carbonyl (C=O) groups excluding carboxylic acids is 1. The van der Waals surface area contributed by atoms with Gasteiger partial charge in [0.25, 0.3) is 0 Å². The fraction of sp³-hybridized carbons (Fsp3) is 0.632. The Hall–Kier alpha value is -1.68. The molecule has 9 heteroatoms. The van der Waals surface area contributed by atoms with Crippen molar-refractivity contribution in [3.63, 3.8) is 0 Å². The quantitative estimate of drug-likeness (QED) is 0.572. The second kappa shape index (κ2) is 10.8. The molecule has 1 aliphatic heterocycles. The van der Waals surface area contributed by atoms with Crippen molar-refractivity contribution >= 4 is 15.9 Å². The van der Waals surface area contributed by atoms with Gasteiger partial charge in [0.05, 0.1) is 26.9 Å². The highest BCUT2D eigenvalue weighted by Gasteiger charge is 2.28. The predicted octanol–water partition coefficient (Wildman–Crippen LogP) is 0.853. The number of rotatable bonds is 10. The summed E-state index contributed by atoms with van der Waals surface area (Å²) in [5.74, 6) is -0.0333. The summed E-state index contributed by atoms with van der Waals surface area (Å²) < 4.78 is 37.7. The molecule has 1 heterocycles. The topological polar surface area (TPSA) is 88.2 Å². The van der Waals surface area contributed by atoms with Gasteiger partial charge in [-0.05, 0) is 37.6 Å². The molecule has 2 rings (SSSR count). The first-order valence-corrected chi connectivity index (χ1v) is 11.0. The van der Waals surface area contributed by atoms with Gasteiger partial charge in [-0.1, -0.05) is 13.0 Å². The minimum Gasteiger partial charge on any atom is -0.495 e. The van der Waals surface area contributed by atoms with E-state index >= 15 is 0 Å². The number of benzene rings is 1. The second-order valence-electron chi connectivity index (χ2n) is 6.74. The molecule has 0 aliphatic carbocycles. The van der Waals surface area contributed by atoms with Gasteiger partial charge >= 0.3 is 0 Å². The minimum atomic E-state index is -3.83. The Kier molecular flexibility index (Phi) is 8.68. The Morgan fingerprint density at radius 2 is 2.04 bits per heavy atom. The summed E-state index contributed by atoms with van der Waals surface area (Å²) in [7, 11) is -2.40. The average molecular weight is 414 g/mol. The molecule has 1 amide bonds. The van der Waals surface area contributed by atoms with Crippen molar-refractivity contribution in [2.75, 3.05) is 59.6 Å². The number of carbonyl (C=O) groups is 1. The first kappa shape index (κ1) is 22.6. The lowest BCUT2D eigenvalue weighted by Crippen LogP contribution is -2.42. The molecule has 28 heavy (non-hydrogen) atoms. The Labute approximate surface area is 167 Å². The third-order valence-corrected chi connectivity index (χ3v) is 6.63.